The van der Waals surface area contributed by atoms with Gasteiger partial charge in [-0.15, -0.1) is 0 Å². The van der Waals surface area contributed by atoms with Crippen molar-refractivity contribution in [2.75, 3.05) is 6.54 Å². The molecule has 2 heterocycles. The largest absolute Gasteiger partial charge is 0.351 e. The Balaban J connectivity index is 1.69. The fourth-order valence-corrected chi connectivity index (χ4v) is 2.32. The number of nitrogens with one attached hydrogen (secondary N) is 3. The van der Waals surface area contributed by atoms with Crippen molar-refractivity contribution in [3.8, 4) is 0 Å². The summed E-state index contributed by atoms with van der Waals surface area (Å²) in [6.45, 7) is 2.20. The number of nitrogens with zero attached hydrogens (tertiary/aromatic N) is 1. The fraction of sp³-hybridized carbons (Fsp3) is 0.308. The average molecular weight is 292 g/mol. The molecule has 0 aliphatic rings. The maximum Gasteiger partial charge on any atom is 0.252 e. The van der Waals surface area contributed by atoms with E-state index in [0.717, 1.165) is 5.56 Å². The smallest absolute Gasteiger partial charge is 0.252 e. The van der Waals surface area contributed by atoms with Crippen molar-refractivity contribution in [2.45, 2.75) is 19.4 Å². The van der Waals surface area contributed by atoms with Crippen molar-refractivity contribution in [3.05, 3.63) is 40.3 Å². The molecule has 1 unspecified atom stereocenters. The van der Waals surface area contributed by atoms with Crippen molar-refractivity contribution in [1.29, 1.82) is 0 Å². The number of thiophene rings is 1. The van der Waals surface area contributed by atoms with Gasteiger partial charge in [-0.1, -0.05) is 0 Å². The first-order valence-corrected chi connectivity index (χ1v) is 7.19. The molecule has 1 atom stereocenters. The van der Waals surface area contributed by atoms with E-state index in [1.165, 1.54) is 11.3 Å². The van der Waals surface area contributed by atoms with Crippen LogP contribution in [0, 0.1) is 0 Å². The first kappa shape index (κ1) is 14.3. The highest BCUT2D eigenvalue weighted by molar-refractivity contribution is 7.08. The highest BCUT2D eigenvalue weighted by Crippen LogP contribution is 2.09. The topological polar surface area (TPSA) is 86.9 Å². The number of hydrogen-bond donors (Lipinski definition) is 3. The summed E-state index contributed by atoms with van der Waals surface area (Å²) >= 11 is 1.47. The first-order valence-electron chi connectivity index (χ1n) is 6.25. The number of amides is 2. The van der Waals surface area contributed by atoms with Crippen LogP contribution in [0.25, 0.3) is 0 Å². The molecule has 2 rings (SSSR count). The third-order valence-corrected chi connectivity index (χ3v) is 3.50. The number of carbonyl (C=O) groups is 2. The van der Waals surface area contributed by atoms with E-state index in [1.807, 2.05) is 12.3 Å². The summed E-state index contributed by atoms with van der Waals surface area (Å²) in [6, 6.07) is 1.65. The number of hydrogen-bond acceptors (Lipinski definition) is 4. The highest BCUT2D eigenvalue weighted by atomic mass is 32.1. The Morgan fingerprint density at radius 1 is 1.50 bits per heavy atom. The predicted molar refractivity (Wildman–Crippen MR) is 76.4 cm³/mol. The lowest BCUT2D eigenvalue weighted by atomic mass is 10.2. The zero-order valence-electron chi connectivity index (χ0n) is 11.1. The molecule has 0 radical (unpaired) electrons. The van der Waals surface area contributed by atoms with Gasteiger partial charge < -0.3 is 10.6 Å². The second-order valence-corrected chi connectivity index (χ2v) is 5.12. The van der Waals surface area contributed by atoms with Gasteiger partial charge in [-0.25, -0.2) is 0 Å². The molecule has 0 saturated heterocycles. The lowest BCUT2D eigenvalue weighted by molar-refractivity contribution is -0.121. The molecule has 0 saturated carbocycles. The van der Waals surface area contributed by atoms with E-state index in [0.29, 0.717) is 12.1 Å². The van der Waals surface area contributed by atoms with E-state index < -0.39 is 0 Å². The molecule has 106 valence electrons. The van der Waals surface area contributed by atoms with E-state index >= 15 is 0 Å². The van der Waals surface area contributed by atoms with Crippen molar-refractivity contribution in [3.63, 3.8) is 0 Å². The Bertz CT molecular complexity index is 551. The van der Waals surface area contributed by atoms with Gasteiger partial charge >= 0.3 is 0 Å². The van der Waals surface area contributed by atoms with Crippen molar-refractivity contribution >= 4 is 23.2 Å². The Kier molecular flexibility index (Phi) is 4.89. The zero-order chi connectivity index (χ0) is 14.4. The lowest BCUT2D eigenvalue weighted by Gasteiger charge is -2.12. The number of H-pyrrole nitrogens is 1. The number of rotatable bonds is 6. The summed E-state index contributed by atoms with van der Waals surface area (Å²) < 4.78 is 0. The van der Waals surface area contributed by atoms with Crippen molar-refractivity contribution in [1.82, 2.24) is 20.8 Å². The van der Waals surface area contributed by atoms with Crippen LogP contribution in [0.15, 0.2) is 29.2 Å². The molecule has 3 N–H and O–H groups in total. The first-order chi connectivity index (χ1) is 9.66. The maximum atomic E-state index is 11.7. The molecule has 7 heteroatoms. The van der Waals surface area contributed by atoms with E-state index in [4.69, 9.17) is 0 Å². The molecule has 0 fully saturated rings. The van der Waals surface area contributed by atoms with Gasteiger partial charge in [0.1, 0.15) is 0 Å². The molecule has 0 aromatic carbocycles. The molecule has 0 spiro atoms. The van der Waals surface area contributed by atoms with Gasteiger partial charge in [0.2, 0.25) is 5.91 Å². The normalized spacial score (nSPS) is 11.8. The highest BCUT2D eigenvalue weighted by Gasteiger charge is 2.11. The number of aromatic nitrogens is 2. The Hall–Kier alpha value is -2.15. The van der Waals surface area contributed by atoms with Crippen LogP contribution in [0.4, 0.5) is 0 Å². The second-order valence-electron chi connectivity index (χ2n) is 4.34. The van der Waals surface area contributed by atoms with Gasteiger partial charge in [-0.3, -0.25) is 14.7 Å². The number of aromatic amines is 1. The summed E-state index contributed by atoms with van der Waals surface area (Å²) in [5.41, 5.74) is 1.54. The quantitative estimate of drug-likeness (QED) is 0.753. The fourth-order valence-electron chi connectivity index (χ4n) is 1.68. The maximum absolute atomic E-state index is 11.7. The van der Waals surface area contributed by atoms with Crippen molar-refractivity contribution in [2.24, 2.45) is 0 Å². The van der Waals surface area contributed by atoms with E-state index in [9.17, 15) is 9.59 Å². The van der Waals surface area contributed by atoms with Gasteiger partial charge in [-0.05, 0) is 18.4 Å². The molecular formula is C13H16N4O2S. The third-order valence-electron chi connectivity index (χ3n) is 2.82. The molecule has 0 bridgehead atoms. The average Bonchev–Trinajstić information content (AvgIpc) is 3.12. The van der Waals surface area contributed by atoms with Gasteiger partial charge in [0.25, 0.3) is 5.91 Å². The molecule has 0 aliphatic carbocycles. The Morgan fingerprint density at radius 2 is 2.35 bits per heavy atom. The van der Waals surface area contributed by atoms with Crippen LogP contribution in [0.1, 0.15) is 35.3 Å². The standard InChI is InChI=1S/C13H16N4O2S/c1-9(11-6-15-16-7-11)17-12(18)2-4-14-13(19)10-3-5-20-8-10/h3,5-9H,2,4H2,1H3,(H,14,19)(H,15,16)(H,17,18). The summed E-state index contributed by atoms with van der Waals surface area (Å²) in [5, 5.41) is 15.7. The van der Waals surface area contributed by atoms with Crippen LogP contribution in [0.5, 0.6) is 0 Å². The Labute approximate surface area is 120 Å². The molecular weight excluding hydrogens is 276 g/mol. The van der Waals surface area contributed by atoms with Crippen LogP contribution in [-0.2, 0) is 4.79 Å². The minimum atomic E-state index is -0.151. The molecule has 0 aliphatic heterocycles. The predicted octanol–water partition coefficient (Wildman–Crippen LogP) is 1.47. The van der Waals surface area contributed by atoms with Crippen LogP contribution >= 0.6 is 11.3 Å². The van der Waals surface area contributed by atoms with Gasteiger partial charge in [0.05, 0.1) is 12.2 Å². The summed E-state index contributed by atoms with van der Waals surface area (Å²) in [7, 11) is 0. The van der Waals surface area contributed by atoms with Crippen LogP contribution in [0.3, 0.4) is 0 Å². The minimum absolute atomic E-state index is 0.103. The lowest BCUT2D eigenvalue weighted by Crippen LogP contribution is -2.31. The monoisotopic (exact) mass is 292 g/mol. The number of carbonyl (C=O) groups excluding carboxylic acids is 2. The Morgan fingerprint density at radius 3 is 3.00 bits per heavy atom. The summed E-state index contributed by atoms with van der Waals surface area (Å²) in [5.74, 6) is -0.258. The molecule has 2 amide bonds. The summed E-state index contributed by atoms with van der Waals surface area (Å²) in [4.78, 5) is 23.4. The minimum Gasteiger partial charge on any atom is -0.351 e. The van der Waals surface area contributed by atoms with Crippen LogP contribution in [-0.4, -0.2) is 28.6 Å². The third kappa shape index (κ3) is 3.92. The molecule has 6 nitrogen and oxygen atoms in total. The van der Waals surface area contributed by atoms with Crippen molar-refractivity contribution < 1.29 is 9.59 Å². The SMILES string of the molecule is CC(NC(=O)CCNC(=O)c1ccsc1)c1cn[nH]c1. The van der Waals surface area contributed by atoms with Gasteiger partial charge in [0, 0.05) is 35.7 Å². The van der Waals surface area contributed by atoms with Gasteiger partial charge in [-0.2, -0.15) is 16.4 Å². The zero-order valence-corrected chi connectivity index (χ0v) is 11.9. The van der Waals surface area contributed by atoms with Gasteiger partial charge in [0.15, 0.2) is 0 Å². The molecule has 2 aromatic heterocycles. The molecule has 20 heavy (non-hydrogen) atoms. The van der Waals surface area contributed by atoms with E-state index in [-0.39, 0.29) is 24.3 Å². The van der Waals surface area contributed by atoms with E-state index in [2.05, 4.69) is 20.8 Å². The van der Waals surface area contributed by atoms with E-state index in [1.54, 1.807) is 23.8 Å². The van der Waals surface area contributed by atoms with Crippen LogP contribution in [0.2, 0.25) is 0 Å². The summed E-state index contributed by atoms with van der Waals surface area (Å²) in [6.07, 6.45) is 3.66. The second kappa shape index (κ2) is 6.85. The van der Waals surface area contributed by atoms with Crippen LogP contribution < -0.4 is 10.6 Å². The molecule has 2 aromatic rings.